The Balaban J connectivity index is 2.06. The maximum atomic E-state index is 12.5. The molecular weight excluding hydrogens is 295 g/mol. The van der Waals surface area contributed by atoms with Crippen molar-refractivity contribution in [3.05, 3.63) is 54.1 Å². The molecule has 1 aliphatic heterocycles. The first kappa shape index (κ1) is 16.3. The number of carbonyl (C=O) groups is 1. The molecule has 22 heavy (non-hydrogen) atoms. The van der Waals surface area contributed by atoms with Gasteiger partial charge in [0, 0.05) is 6.54 Å². The molecule has 1 aromatic rings. The zero-order chi connectivity index (χ0) is 16.4. The molecule has 1 aliphatic rings. The Labute approximate surface area is 126 Å². The quantitative estimate of drug-likeness (QED) is 0.872. The van der Waals surface area contributed by atoms with Crippen molar-refractivity contribution < 1.29 is 23.1 Å². The van der Waals surface area contributed by atoms with Gasteiger partial charge in [-0.25, -0.2) is 0 Å². The summed E-state index contributed by atoms with van der Waals surface area (Å²) in [6.45, 7) is 3.95. The van der Waals surface area contributed by atoms with Crippen LogP contribution in [0.1, 0.15) is 17.5 Å². The highest BCUT2D eigenvalue weighted by molar-refractivity contribution is 5.87. The van der Waals surface area contributed by atoms with Crippen LogP contribution in [0, 0.1) is 0 Å². The third kappa shape index (κ3) is 3.76. The Morgan fingerprint density at radius 3 is 2.50 bits per heavy atom. The number of hydrogen-bond acceptors (Lipinski definition) is 2. The van der Waals surface area contributed by atoms with Gasteiger partial charge in [0.25, 0.3) is 0 Å². The van der Waals surface area contributed by atoms with Crippen molar-refractivity contribution in [1.29, 1.82) is 0 Å². The minimum atomic E-state index is -4.36. The van der Waals surface area contributed by atoms with E-state index in [9.17, 15) is 23.1 Å². The molecule has 0 bridgehead atoms. The lowest BCUT2D eigenvalue weighted by atomic mass is 10.0. The minimum Gasteiger partial charge on any atom is -0.384 e. The number of halogens is 3. The number of carbonyl (C=O) groups excluding carboxylic acids is 1. The highest BCUT2D eigenvalue weighted by atomic mass is 19.4. The summed E-state index contributed by atoms with van der Waals surface area (Å²) in [4.78, 5) is 12.9. The highest BCUT2D eigenvalue weighted by Crippen LogP contribution is 2.29. The van der Waals surface area contributed by atoms with Gasteiger partial charge in [0.1, 0.15) is 5.60 Å². The van der Waals surface area contributed by atoms with E-state index in [0.29, 0.717) is 18.5 Å². The number of benzene rings is 1. The van der Waals surface area contributed by atoms with E-state index in [0.717, 1.165) is 12.1 Å². The molecule has 3 nitrogen and oxygen atoms in total. The van der Waals surface area contributed by atoms with Crippen LogP contribution in [0.2, 0.25) is 0 Å². The molecule has 2 rings (SSSR count). The van der Waals surface area contributed by atoms with E-state index in [1.807, 2.05) is 0 Å². The SMILES string of the molecule is C=CC(=O)N1CCC(O)(C=Cc2ccc(C(F)(F)F)cc2)C1. The van der Waals surface area contributed by atoms with Crippen LogP contribution in [0.15, 0.2) is 43.0 Å². The molecule has 0 aliphatic carbocycles. The van der Waals surface area contributed by atoms with Gasteiger partial charge in [0.15, 0.2) is 0 Å². The topological polar surface area (TPSA) is 40.5 Å². The average Bonchev–Trinajstić information content (AvgIpc) is 2.87. The van der Waals surface area contributed by atoms with Gasteiger partial charge < -0.3 is 10.0 Å². The summed E-state index contributed by atoms with van der Waals surface area (Å²) in [6, 6.07) is 4.66. The Hall–Kier alpha value is -2.08. The molecule has 1 N–H and O–H groups in total. The summed E-state index contributed by atoms with van der Waals surface area (Å²) in [5, 5.41) is 10.4. The summed E-state index contributed by atoms with van der Waals surface area (Å²) >= 11 is 0. The molecule has 1 aromatic carbocycles. The van der Waals surface area contributed by atoms with E-state index in [1.165, 1.54) is 29.2 Å². The Bertz CT molecular complexity index is 592. The first-order valence-corrected chi connectivity index (χ1v) is 6.74. The summed E-state index contributed by atoms with van der Waals surface area (Å²) in [5.41, 5.74) is -1.33. The minimum absolute atomic E-state index is 0.148. The normalized spacial score (nSPS) is 22.3. The monoisotopic (exact) mass is 311 g/mol. The number of hydrogen-bond donors (Lipinski definition) is 1. The van der Waals surface area contributed by atoms with Crippen LogP contribution in [0.5, 0.6) is 0 Å². The Kier molecular flexibility index (Phi) is 4.42. The maximum absolute atomic E-state index is 12.5. The van der Waals surface area contributed by atoms with Crippen molar-refractivity contribution in [2.75, 3.05) is 13.1 Å². The molecule has 0 saturated carbocycles. The summed E-state index contributed by atoms with van der Waals surface area (Å²) in [7, 11) is 0. The van der Waals surface area contributed by atoms with Crippen LogP contribution in [0.4, 0.5) is 13.2 Å². The van der Waals surface area contributed by atoms with E-state index in [4.69, 9.17) is 0 Å². The predicted octanol–water partition coefficient (Wildman–Crippen LogP) is 2.87. The van der Waals surface area contributed by atoms with E-state index in [-0.39, 0.29) is 12.5 Å². The largest absolute Gasteiger partial charge is 0.416 e. The second kappa shape index (κ2) is 5.96. The van der Waals surface area contributed by atoms with Gasteiger partial charge in [0.05, 0.1) is 12.1 Å². The molecule has 0 aromatic heterocycles. The van der Waals surface area contributed by atoms with Crippen molar-refractivity contribution >= 4 is 12.0 Å². The summed E-state index contributed by atoms with van der Waals surface area (Å²) < 4.78 is 37.4. The molecule has 1 unspecified atom stereocenters. The Morgan fingerprint density at radius 2 is 1.95 bits per heavy atom. The third-order valence-corrected chi connectivity index (χ3v) is 3.59. The van der Waals surface area contributed by atoms with Crippen LogP contribution in [0.25, 0.3) is 6.08 Å². The van der Waals surface area contributed by atoms with Crippen molar-refractivity contribution in [3.63, 3.8) is 0 Å². The summed E-state index contributed by atoms with van der Waals surface area (Å²) in [6.07, 6.45) is 0.278. The summed E-state index contributed by atoms with van der Waals surface area (Å²) in [5.74, 6) is -0.251. The third-order valence-electron chi connectivity index (χ3n) is 3.59. The standard InChI is InChI=1S/C16H16F3NO2/c1-2-14(21)20-10-9-15(22,11-20)8-7-12-3-5-13(6-4-12)16(17,18)19/h2-8,22H,1,9-11H2. The van der Waals surface area contributed by atoms with Gasteiger partial charge in [-0.3, -0.25) is 4.79 Å². The van der Waals surface area contributed by atoms with Crippen LogP contribution >= 0.6 is 0 Å². The van der Waals surface area contributed by atoms with Crippen molar-refractivity contribution in [2.24, 2.45) is 0 Å². The number of alkyl halides is 3. The van der Waals surface area contributed by atoms with E-state index in [1.54, 1.807) is 6.08 Å². The zero-order valence-corrected chi connectivity index (χ0v) is 11.8. The van der Waals surface area contributed by atoms with Gasteiger partial charge >= 0.3 is 6.18 Å². The van der Waals surface area contributed by atoms with Gasteiger partial charge in [-0.1, -0.05) is 30.9 Å². The zero-order valence-electron chi connectivity index (χ0n) is 11.8. The van der Waals surface area contributed by atoms with Crippen molar-refractivity contribution in [2.45, 2.75) is 18.2 Å². The second-order valence-electron chi connectivity index (χ2n) is 5.27. The Morgan fingerprint density at radius 1 is 1.32 bits per heavy atom. The van der Waals surface area contributed by atoms with Crippen LogP contribution in [0.3, 0.4) is 0 Å². The van der Waals surface area contributed by atoms with Gasteiger partial charge in [-0.15, -0.1) is 0 Å². The molecular formula is C16H16F3NO2. The van der Waals surface area contributed by atoms with E-state index >= 15 is 0 Å². The number of likely N-dealkylation sites (tertiary alicyclic amines) is 1. The van der Waals surface area contributed by atoms with Crippen molar-refractivity contribution in [3.8, 4) is 0 Å². The average molecular weight is 311 g/mol. The maximum Gasteiger partial charge on any atom is 0.416 e. The molecule has 1 fully saturated rings. The number of β-amino-alcohol motifs (C(OH)–C–C–N with tert-alkyl or cyclic N) is 1. The highest BCUT2D eigenvalue weighted by Gasteiger charge is 2.35. The first-order valence-electron chi connectivity index (χ1n) is 6.74. The molecule has 1 atom stereocenters. The lowest BCUT2D eigenvalue weighted by molar-refractivity contribution is -0.137. The second-order valence-corrected chi connectivity index (χ2v) is 5.27. The fraction of sp³-hybridized carbons (Fsp3) is 0.312. The first-order chi connectivity index (χ1) is 10.2. The van der Waals surface area contributed by atoms with Crippen molar-refractivity contribution in [1.82, 2.24) is 4.90 Å². The van der Waals surface area contributed by atoms with Gasteiger partial charge in [-0.2, -0.15) is 13.2 Å². The molecule has 1 amide bonds. The molecule has 1 heterocycles. The molecule has 118 valence electrons. The molecule has 0 radical (unpaired) electrons. The van der Waals surface area contributed by atoms with Gasteiger partial charge in [0.2, 0.25) is 5.91 Å². The smallest absolute Gasteiger partial charge is 0.384 e. The van der Waals surface area contributed by atoms with Crippen LogP contribution < -0.4 is 0 Å². The fourth-order valence-electron chi connectivity index (χ4n) is 2.30. The molecule has 0 spiro atoms. The van der Waals surface area contributed by atoms with E-state index in [2.05, 4.69) is 6.58 Å². The number of aliphatic hydroxyl groups is 1. The number of nitrogens with zero attached hydrogens (tertiary/aromatic N) is 1. The molecule has 6 heteroatoms. The predicted molar refractivity (Wildman–Crippen MR) is 76.8 cm³/mol. The van der Waals surface area contributed by atoms with Crippen LogP contribution in [-0.2, 0) is 11.0 Å². The van der Waals surface area contributed by atoms with Gasteiger partial charge in [-0.05, 0) is 30.2 Å². The molecule has 1 saturated heterocycles. The lowest BCUT2D eigenvalue weighted by Gasteiger charge is -2.19. The van der Waals surface area contributed by atoms with E-state index < -0.39 is 17.3 Å². The lowest BCUT2D eigenvalue weighted by Crippen LogP contribution is -2.33. The number of amides is 1. The van der Waals surface area contributed by atoms with Crippen LogP contribution in [-0.4, -0.2) is 34.6 Å². The number of rotatable bonds is 3. The fourth-order valence-corrected chi connectivity index (χ4v) is 2.30.